The van der Waals surface area contributed by atoms with Crippen LogP contribution in [0.2, 0.25) is 5.02 Å². The lowest BCUT2D eigenvalue weighted by Gasteiger charge is -2.38. The van der Waals surface area contributed by atoms with Gasteiger partial charge in [-0.1, -0.05) is 30.2 Å². The molecule has 0 unspecified atom stereocenters. The van der Waals surface area contributed by atoms with Crippen LogP contribution in [0.3, 0.4) is 0 Å². The standard InChI is InChI=1S/C15H23ClN2O3S/c1-12(19)15-5-3-4-10-18(15)22(20,21)17(2)11-13-6-8-14(16)9-7-13/h6-9,12,15,19H,3-5,10-11H2,1-2H3/t12-,15+/m1/s1. The van der Waals surface area contributed by atoms with Gasteiger partial charge < -0.3 is 5.11 Å². The lowest BCUT2D eigenvalue weighted by atomic mass is 10.0. The number of hydrogen-bond donors (Lipinski definition) is 1. The second-order valence-corrected chi connectivity index (χ2v) is 8.23. The molecule has 1 fully saturated rings. The summed E-state index contributed by atoms with van der Waals surface area (Å²) in [7, 11) is -2.02. The third kappa shape index (κ3) is 4.00. The van der Waals surface area contributed by atoms with Gasteiger partial charge in [0.2, 0.25) is 0 Å². The summed E-state index contributed by atoms with van der Waals surface area (Å²) in [4.78, 5) is 0. The highest BCUT2D eigenvalue weighted by atomic mass is 35.5. The van der Waals surface area contributed by atoms with E-state index in [0.717, 1.165) is 18.4 Å². The molecule has 0 radical (unpaired) electrons. The summed E-state index contributed by atoms with van der Waals surface area (Å²) in [5.74, 6) is 0. The third-order valence-corrected chi connectivity index (χ3v) is 6.28. The Bertz CT molecular complexity index is 589. The Labute approximate surface area is 137 Å². The van der Waals surface area contributed by atoms with E-state index in [2.05, 4.69) is 0 Å². The topological polar surface area (TPSA) is 60.9 Å². The first-order valence-corrected chi connectivity index (χ1v) is 9.25. The molecule has 0 amide bonds. The monoisotopic (exact) mass is 346 g/mol. The van der Waals surface area contributed by atoms with E-state index >= 15 is 0 Å². The van der Waals surface area contributed by atoms with Gasteiger partial charge in [-0.05, 0) is 37.5 Å². The maximum atomic E-state index is 12.8. The van der Waals surface area contributed by atoms with Crippen molar-refractivity contribution < 1.29 is 13.5 Å². The fourth-order valence-electron chi connectivity index (χ4n) is 2.81. The second kappa shape index (κ2) is 7.27. The Morgan fingerprint density at radius 3 is 2.59 bits per heavy atom. The number of piperidine rings is 1. The quantitative estimate of drug-likeness (QED) is 0.889. The van der Waals surface area contributed by atoms with Gasteiger partial charge in [-0.3, -0.25) is 0 Å². The molecule has 1 aliphatic rings. The van der Waals surface area contributed by atoms with E-state index in [1.807, 2.05) is 12.1 Å². The van der Waals surface area contributed by atoms with Crippen molar-refractivity contribution in [1.29, 1.82) is 0 Å². The molecule has 2 atom stereocenters. The van der Waals surface area contributed by atoms with Crippen molar-refractivity contribution in [2.75, 3.05) is 13.6 Å². The first kappa shape index (κ1) is 17.7. The van der Waals surface area contributed by atoms with E-state index in [0.29, 0.717) is 18.0 Å². The van der Waals surface area contributed by atoms with Gasteiger partial charge in [-0.25, -0.2) is 0 Å². The van der Waals surface area contributed by atoms with Crippen LogP contribution >= 0.6 is 11.6 Å². The molecule has 1 aliphatic heterocycles. The van der Waals surface area contributed by atoms with Gasteiger partial charge in [0.15, 0.2) is 0 Å². The molecule has 7 heteroatoms. The SMILES string of the molecule is C[C@@H](O)[C@@H]1CCCCN1S(=O)(=O)N(C)Cc1ccc(Cl)cc1. The molecule has 124 valence electrons. The zero-order valence-corrected chi connectivity index (χ0v) is 14.5. The van der Waals surface area contributed by atoms with E-state index in [1.165, 1.54) is 8.61 Å². The molecule has 1 aromatic carbocycles. The van der Waals surface area contributed by atoms with Crippen LogP contribution in [-0.4, -0.2) is 47.9 Å². The predicted octanol–water partition coefficient (Wildman–Crippen LogP) is 2.25. The molecule has 0 bridgehead atoms. The average molecular weight is 347 g/mol. The van der Waals surface area contributed by atoms with Gasteiger partial charge >= 0.3 is 0 Å². The lowest BCUT2D eigenvalue weighted by Crippen LogP contribution is -2.53. The van der Waals surface area contributed by atoms with Crippen LogP contribution in [0.4, 0.5) is 0 Å². The van der Waals surface area contributed by atoms with E-state index in [9.17, 15) is 13.5 Å². The zero-order chi connectivity index (χ0) is 16.3. The van der Waals surface area contributed by atoms with Gasteiger partial charge in [0.25, 0.3) is 10.2 Å². The van der Waals surface area contributed by atoms with E-state index in [4.69, 9.17) is 11.6 Å². The molecule has 1 aromatic rings. The molecule has 0 aliphatic carbocycles. The Hall–Kier alpha value is -0.660. The largest absolute Gasteiger partial charge is 0.392 e. The molecular weight excluding hydrogens is 324 g/mol. The fraction of sp³-hybridized carbons (Fsp3) is 0.600. The highest BCUT2D eigenvalue weighted by Gasteiger charge is 2.37. The molecule has 22 heavy (non-hydrogen) atoms. The number of aliphatic hydroxyl groups is 1. The molecule has 0 spiro atoms. The summed E-state index contributed by atoms with van der Waals surface area (Å²) < 4.78 is 28.3. The molecule has 5 nitrogen and oxygen atoms in total. The van der Waals surface area contributed by atoms with Gasteiger partial charge in [0, 0.05) is 25.2 Å². The maximum Gasteiger partial charge on any atom is 0.282 e. The van der Waals surface area contributed by atoms with Crippen molar-refractivity contribution in [3.8, 4) is 0 Å². The summed E-state index contributed by atoms with van der Waals surface area (Å²) in [6.45, 7) is 2.39. The number of aliphatic hydroxyl groups excluding tert-OH is 1. The van der Waals surface area contributed by atoms with Crippen molar-refractivity contribution in [1.82, 2.24) is 8.61 Å². The van der Waals surface area contributed by atoms with Crippen LogP contribution in [-0.2, 0) is 16.8 Å². The highest BCUT2D eigenvalue weighted by molar-refractivity contribution is 7.86. The number of benzene rings is 1. The molecular formula is C15H23ClN2O3S. The minimum Gasteiger partial charge on any atom is -0.392 e. The van der Waals surface area contributed by atoms with E-state index < -0.39 is 16.3 Å². The number of rotatable bonds is 5. The van der Waals surface area contributed by atoms with Gasteiger partial charge in [-0.15, -0.1) is 0 Å². The van der Waals surface area contributed by atoms with Crippen molar-refractivity contribution >= 4 is 21.8 Å². The Morgan fingerprint density at radius 2 is 2.00 bits per heavy atom. The highest BCUT2D eigenvalue weighted by Crippen LogP contribution is 2.25. The molecule has 0 saturated carbocycles. The number of halogens is 1. The van der Waals surface area contributed by atoms with Crippen molar-refractivity contribution in [3.05, 3.63) is 34.9 Å². The Morgan fingerprint density at radius 1 is 1.36 bits per heavy atom. The normalized spacial score (nSPS) is 22.0. The summed E-state index contributed by atoms with van der Waals surface area (Å²) in [5, 5.41) is 10.5. The zero-order valence-electron chi connectivity index (χ0n) is 12.9. The molecule has 1 heterocycles. The van der Waals surface area contributed by atoms with Crippen LogP contribution in [0.25, 0.3) is 0 Å². The summed E-state index contributed by atoms with van der Waals surface area (Å²) in [6, 6.07) is 6.78. The van der Waals surface area contributed by atoms with Crippen LogP contribution in [0, 0.1) is 0 Å². The first-order valence-electron chi connectivity index (χ1n) is 7.48. The van der Waals surface area contributed by atoms with Crippen LogP contribution < -0.4 is 0 Å². The lowest BCUT2D eigenvalue weighted by molar-refractivity contribution is 0.0796. The Balaban J connectivity index is 2.15. The Kier molecular flexibility index (Phi) is 5.85. The van der Waals surface area contributed by atoms with Gasteiger partial charge in [0.05, 0.1) is 12.1 Å². The minimum atomic E-state index is -3.59. The van der Waals surface area contributed by atoms with Crippen LogP contribution in [0.5, 0.6) is 0 Å². The molecule has 0 aromatic heterocycles. The number of nitrogens with zero attached hydrogens (tertiary/aromatic N) is 2. The average Bonchev–Trinajstić information content (AvgIpc) is 2.49. The summed E-state index contributed by atoms with van der Waals surface area (Å²) in [5.41, 5.74) is 0.876. The van der Waals surface area contributed by atoms with Crippen LogP contribution in [0.15, 0.2) is 24.3 Å². The van der Waals surface area contributed by atoms with Gasteiger partial charge in [0.1, 0.15) is 0 Å². The predicted molar refractivity (Wildman–Crippen MR) is 87.9 cm³/mol. The van der Waals surface area contributed by atoms with E-state index in [-0.39, 0.29) is 12.6 Å². The molecule has 2 rings (SSSR count). The van der Waals surface area contributed by atoms with Crippen molar-refractivity contribution in [2.24, 2.45) is 0 Å². The summed E-state index contributed by atoms with van der Waals surface area (Å²) in [6.07, 6.45) is 1.81. The smallest absolute Gasteiger partial charge is 0.282 e. The summed E-state index contributed by atoms with van der Waals surface area (Å²) >= 11 is 5.85. The number of hydrogen-bond acceptors (Lipinski definition) is 3. The van der Waals surface area contributed by atoms with Crippen LogP contribution in [0.1, 0.15) is 31.7 Å². The van der Waals surface area contributed by atoms with Gasteiger partial charge in [-0.2, -0.15) is 17.0 Å². The first-order chi connectivity index (χ1) is 10.3. The minimum absolute atomic E-state index is 0.280. The maximum absolute atomic E-state index is 12.8. The van der Waals surface area contributed by atoms with Crippen molar-refractivity contribution in [2.45, 2.75) is 44.9 Å². The molecule has 1 N–H and O–H groups in total. The third-order valence-electron chi connectivity index (χ3n) is 4.06. The van der Waals surface area contributed by atoms with Crippen molar-refractivity contribution in [3.63, 3.8) is 0 Å². The fourth-order valence-corrected chi connectivity index (χ4v) is 4.59. The second-order valence-electron chi connectivity index (χ2n) is 5.80. The molecule has 1 saturated heterocycles. The van der Waals surface area contributed by atoms with E-state index in [1.54, 1.807) is 26.1 Å².